The first-order chi connectivity index (χ1) is 11.3. The highest BCUT2D eigenvalue weighted by atomic mass is 32.2. The van der Waals surface area contributed by atoms with E-state index in [1.807, 2.05) is 12.1 Å². The maximum atomic E-state index is 11.8. The number of benzene rings is 2. The van der Waals surface area contributed by atoms with Gasteiger partial charge in [-0.15, -0.1) is 0 Å². The minimum Gasteiger partial charge on any atom is -0.304 e. The second kappa shape index (κ2) is 7.47. The zero-order valence-electron chi connectivity index (χ0n) is 14.9. The highest BCUT2D eigenvalue weighted by molar-refractivity contribution is 7.89. The maximum Gasteiger partial charge on any atom is 0.240 e. The van der Waals surface area contributed by atoms with E-state index < -0.39 is 10.0 Å². The van der Waals surface area contributed by atoms with Crippen molar-refractivity contribution in [3.05, 3.63) is 64.7 Å². The van der Waals surface area contributed by atoms with Gasteiger partial charge in [-0.1, -0.05) is 30.3 Å². The number of sulfonamides is 1. The van der Waals surface area contributed by atoms with Crippen LogP contribution in [0.3, 0.4) is 0 Å². The summed E-state index contributed by atoms with van der Waals surface area (Å²) in [5.41, 5.74) is 4.94. The van der Waals surface area contributed by atoms with Crippen molar-refractivity contribution in [1.29, 1.82) is 0 Å². The topological polar surface area (TPSA) is 58.2 Å². The first-order valence-corrected chi connectivity index (χ1v) is 9.60. The lowest BCUT2D eigenvalue weighted by molar-refractivity contribution is 0.492. The molecule has 0 heterocycles. The molecule has 2 aromatic carbocycles. The van der Waals surface area contributed by atoms with Crippen LogP contribution in [0.5, 0.6) is 0 Å². The van der Waals surface area contributed by atoms with Crippen molar-refractivity contribution in [2.75, 3.05) is 7.05 Å². The molecule has 0 amide bonds. The third-order valence-corrected chi connectivity index (χ3v) is 6.00. The SMILES string of the molecule is CNS(=O)(=O)c1ccc([C@@H](C)N[C@@H](C)c2cccc(C)c2C)cc1. The number of aryl methyl sites for hydroxylation is 1. The number of hydrogen-bond acceptors (Lipinski definition) is 3. The molecule has 0 unspecified atom stereocenters. The van der Waals surface area contributed by atoms with Crippen molar-refractivity contribution in [3.8, 4) is 0 Å². The zero-order valence-corrected chi connectivity index (χ0v) is 15.7. The molecule has 0 spiro atoms. The maximum absolute atomic E-state index is 11.8. The quantitative estimate of drug-likeness (QED) is 0.840. The van der Waals surface area contributed by atoms with E-state index in [-0.39, 0.29) is 17.0 Å². The van der Waals surface area contributed by atoms with E-state index in [0.717, 1.165) is 5.56 Å². The zero-order chi connectivity index (χ0) is 17.9. The van der Waals surface area contributed by atoms with Gasteiger partial charge < -0.3 is 5.32 Å². The summed E-state index contributed by atoms with van der Waals surface area (Å²) in [7, 11) is -1.97. The lowest BCUT2D eigenvalue weighted by Crippen LogP contribution is -2.23. The van der Waals surface area contributed by atoms with E-state index in [1.165, 1.54) is 23.7 Å². The normalized spacial score (nSPS) is 14.4. The third kappa shape index (κ3) is 4.04. The van der Waals surface area contributed by atoms with Crippen LogP contribution in [0, 0.1) is 13.8 Å². The second-order valence-electron chi connectivity index (χ2n) is 6.18. The van der Waals surface area contributed by atoms with Crippen LogP contribution < -0.4 is 10.0 Å². The molecule has 0 fully saturated rings. The van der Waals surface area contributed by atoms with Gasteiger partial charge in [-0.3, -0.25) is 0 Å². The van der Waals surface area contributed by atoms with Crippen molar-refractivity contribution in [2.45, 2.75) is 44.7 Å². The molecule has 0 aliphatic carbocycles. The average Bonchev–Trinajstić information content (AvgIpc) is 2.57. The first-order valence-electron chi connectivity index (χ1n) is 8.12. The minimum absolute atomic E-state index is 0.117. The van der Waals surface area contributed by atoms with Crippen molar-refractivity contribution in [2.24, 2.45) is 0 Å². The molecule has 2 aromatic rings. The van der Waals surface area contributed by atoms with E-state index in [1.54, 1.807) is 12.1 Å². The van der Waals surface area contributed by atoms with Crippen molar-refractivity contribution >= 4 is 10.0 Å². The third-order valence-electron chi connectivity index (χ3n) is 4.57. The fourth-order valence-electron chi connectivity index (χ4n) is 2.86. The van der Waals surface area contributed by atoms with E-state index in [4.69, 9.17) is 0 Å². The van der Waals surface area contributed by atoms with E-state index in [0.29, 0.717) is 0 Å². The Morgan fingerprint density at radius 3 is 2.12 bits per heavy atom. The van der Waals surface area contributed by atoms with Gasteiger partial charge >= 0.3 is 0 Å². The van der Waals surface area contributed by atoms with Crippen LogP contribution in [0.2, 0.25) is 0 Å². The summed E-state index contributed by atoms with van der Waals surface area (Å²) in [6, 6.07) is 13.7. The predicted octanol–water partition coefficient (Wildman–Crippen LogP) is 3.62. The van der Waals surface area contributed by atoms with Gasteiger partial charge in [-0.2, -0.15) is 0 Å². The van der Waals surface area contributed by atoms with Crippen LogP contribution in [-0.4, -0.2) is 15.5 Å². The Hall–Kier alpha value is -1.69. The summed E-state index contributed by atoms with van der Waals surface area (Å²) in [5, 5.41) is 3.59. The van der Waals surface area contributed by atoms with Crippen LogP contribution in [0.25, 0.3) is 0 Å². The molecule has 0 bridgehead atoms. The summed E-state index contributed by atoms with van der Waals surface area (Å²) in [6.45, 7) is 8.50. The fourth-order valence-corrected chi connectivity index (χ4v) is 3.59. The molecule has 2 rings (SSSR count). The van der Waals surface area contributed by atoms with E-state index >= 15 is 0 Å². The smallest absolute Gasteiger partial charge is 0.240 e. The van der Waals surface area contributed by atoms with Crippen LogP contribution in [0.4, 0.5) is 0 Å². The summed E-state index contributed by atoms with van der Waals surface area (Å²) in [5.74, 6) is 0. The lowest BCUT2D eigenvalue weighted by atomic mass is 9.97. The number of hydrogen-bond donors (Lipinski definition) is 2. The summed E-state index contributed by atoms with van der Waals surface area (Å²) >= 11 is 0. The van der Waals surface area contributed by atoms with Crippen molar-refractivity contribution < 1.29 is 8.42 Å². The van der Waals surface area contributed by atoms with Crippen molar-refractivity contribution in [3.63, 3.8) is 0 Å². The molecule has 5 heteroatoms. The Bertz CT molecular complexity index is 799. The summed E-state index contributed by atoms with van der Waals surface area (Å²) < 4.78 is 25.9. The number of nitrogens with one attached hydrogen (secondary N) is 2. The van der Waals surface area contributed by atoms with Gasteiger partial charge in [0.1, 0.15) is 0 Å². The van der Waals surface area contributed by atoms with Gasteiger partial charge in [0.25, 0.3) is 0 Å². The molecule has 4 nitrogen and oxygen atoms in total. The Kier molecular flexibility index (Phi) is 5.80. The second-order valence-corrected chi connectivity index (χ2v) is 8.06. The van der Waals surface area contributed by atoms with Gasteiger partial charge in [-0.05, 0) is 69.1 Å². The molecule has 24 heavy (non-hydrogen) atoms. The first kappa shape index (κ1) is 18.6. The molecular weight excluding hydrogens is 320 g/mol. The minimum atomic E-state index is -3.39. The van der Waals surface area contributed by atoms with Crippen LogP contribution >= 0.6 is 0 Å². The molecule has 0 aliphatic rings. The van der Waals surface area contributed by atoms with Gasteiger partial charge in [0.15, 0.2) is 0 Å². The molecule has 0 aromatic heterocycles. The molecule has 0 aliphatic heterocycles. The highest BCUT2D eigenvalue weighted by Gasteiger charge is 2.15. The fraction of sp³-hybridized carbons (Fsp3) is 0.368. The Labute approximate surface area is 145 Å². The van der Waals surface area contributed by atoms with Gasteiger partial charge in [-0.25, -0.2) is 13.1 Å². The Morgan fingerprint density at radius 2 is 1.54 bits per heavy atom. The van der Waals surface area contributed by atoms with Gasteiger partial charge in [0, 0.05) is 12.1 Å². The van der Waals surface area contributed by atoms with E-state index in [2.05, 4.69) is 55.9 Å². The monoisotopic (exact) mass is 346 g/mol. The molecule has 0 saturated carbocycles. The predicted molar refractivity (Wildman–Crippen MR) is 98.6 cm³/mol. The highest BCUT2D eigenvalue weighted by Crippen LogP contribution is 2.24. The van der Waals surface area contributed by atoms with Crippen molar-refractivity contribution in [1.82, 2.24) is 10.0 Å². The molecule has 2 atom stereocenters. The average molecular weight is 346 g/mol. The summed E-state index contributed by atoms with van der Waals surface area (Å²) in [4.78, 5) is 0.281. The molecular formula is C19H26N2O2S. The lowest BCUT2D eigenvalue weighted by Gasteiger charge is -2.23. The molecule has 0 saturated heterocycles. The molecule has 2 N–H and O–H groups in total. The number of rotatable bonds is 6. The van der Waals surface area contributed by atoms with Crippen LogP contribution in [-0.2, 0) is 10.0 Å². The van der Waals surface area contributed by atoms with E-state index in [9.17, 15) is 8.42 Å². The van der Waals surface area contributed by atoms with Gasteiger partial charge in [0.2, 0.25) is 10.0 Å². The standard InChI is InChI=1S/C19H26N2O2S/c1-13-7-6-8-19(14(13)2)16(4)21-15(3)17-9-11-18(12-10-17)24(22,23)20-5/h6-12,15-16,20-21H,1-5H3/t15-,16+/m1/s1. The Balaban J connectivity index is 2.15. The summed E-state index contributed by atoms with van der Waals surface area (Å²) in [6.07, 6.45) is 0. The Morgan fingerprint density at radius 1 is 0.917 bits per heavy atom. The largest absolute Gasteiger partial charge is 0.304 e. The van der Waals surface area contributed by atoms with Crippen LogP contribution in [0.15, 0.2) is 47.4 Å². The van der Waals surface area contributed by atoms with Gasteiger partial charge in [0.05, 0.1) is 4.90 Å². The van der Waals surface area contributed by atoms with Crippen LogP contribution in [0.1, 0.15) is 48.2 Å². The molecule has 0 radical (unpaired) electrons. The molecule has 130 valence electrons.